The van der Waals surface area contributed by atoms with E-state index in [0.717, 1.165) is 56.7 Å². The topological polar surface area (TPSA) is 41.6 Å². The maximum absolute atomic E-state index is 12.4. The van der Waals surface area contributed by atoms with Crippen molar-refractivity contribution in [2.75, 3.05) is 26.7 Å². The first-order valence-electron chi connectivity index (χ1n) is 7.94. The van der Waals surface area contributed by atoms with Gasteiger partial charge in [0.2, 0.25) is 0 Å². The average molecular weight is 290 g/mol. The number of hydrogen-bond acceptors (Lipinski definition) is 3. The molecule has 1 fully saturated rings. The van der Waals surface area contributed by atoms with Gasteiger partial charge in [-0.25, -0.2) is 0 Å². The lowest BCUT2D eigenvalue weighted by Gasteiger charge is -2.31. The van der Waals surface area contributed by atoms with Crippen LogP contribution in [0.3, 0.4) is 0 Å². The zero-order valence-electron chi connectivity index (χ0n) is 13.1. The summed E-state index contributed by atoms with van der Waals surface area (Å²) in [5.74, 6) is 0.971. The van der Waals surface area contributed by atoms with E-state index in [2.05, 4.69) is 12.2 Å². The number of rotatable bonds is 6. The Balaban J connectivity index is 1.88. The highest BCUT2D eigenvalue weighted by Crippen LogP contribution is 2.17. The van der Waals surface area contributed by atoms with E-state index < -0.39 is 0 Å². The van der Waals surface area contributed by atoms with E-state index in [1.165, 1.54) is 0 Å². The third-order valence-corrected chi connectivity index (χ3v) is 4.06. The smallest absolute Gasteiger partial charge is 0.253 e. The van der Waals surface area contributed by atoms with Gasteiger partial charge < -0.3 is 15.0 Å². The fourth-order valence-electron chi connectivity index (χ4n) is 2.58. The molecule has 1 aromatic carbocycles. The van der Waals surface area contributed by atoms with Crippen LogP contribution < -0.4 is 10.1 Å². The first kappa shape index (κ1) is 15.8. The van der Waals surface area contributed by atoms with Crippen LogP contribution in [-0.4, -0.2) is 43.6 Å². The Morgan fingerprint density at radius 1 is 1.29 bits per heavy atom. The molecule has 2 rings (SSSR count). The summed E-state index contributed by atoms with van der Waals surface area (Å²) in [6.07, 6.45) is 4.24. The van der Waals surface area contributed by atoms with Crippen molar-refractivity contribution in [1.29, 1.82) is 0 Å². The molecule has 1 aromatic rings. The van der Waals surface area contributed by atoms with Crippen LogP contribution in [0.2, 0.25) is 0 Å². The molecule has 1 aliphatic rings. The second kappa shape index (κ2) is 8.03. The summed E-state index contributed by atoms with van der Waals surface area (Å²) in [7, 11) is 1.99. The standard InChI is InChI=1S/C17H26N2O2/c1-3-4-13-21-16-7-5-14(6-8-16)17(20)19-11-9-15(18-2)10-12-19/h5-8,15,18H,3-4,9-13H2,1-2H3. The number of likely N-dealkylation sites (tertiary alicyclic amines) is 1. The molecule has 1 N–H and O–H groups in total. The number of carbonyl (C=O) groups is 1. The molecule has 0 saturated carbocycles. The molecule has 21 heavy (non-hydrogen) atoms. The van der Waals surface area contributed by atoms with Crippen molar-refractivity contribution in [3.8, 4) is 5.75 Å². The Kier molecular flexibility index (Phi) is 6.05. The molecule has 0 atom stereocenters. The molecular formula is C17H26N2O2. The van der Waals surface area contributed by atoms with Crippen molar-refractivity contribution in [3.63, 3.8) is 0 Å². The van der Waals surface area contributed by atoms with E-state index >= 15 is 0 Å². The Labute approximate surface area is 127 Å². The van der Waals surface area contributed by atoms with Crippen molar-refractivity contribution < 1.29 is 9.53 Å². The minimum Gasteiger partial charge on any atom is -0.494 e. The minimum atomic E-state index is 0.129. The molecular weight excluding hydrogens is 264 g/mol. The number of ether oxygens (including phenoxy) is 1. The molecule has 0 spiro atoms. The van der Waals surface area contributed by atoms with Gasteiger partial charge in [0.1, 0.15) is 5.75 Å². The molecule has 4 heteroatoms. The normalized spacial score (nSPS) is 16.0. The van der Waals surface area contributed by atoms with Crippen LogP contribution in [0.1, 0.15) is 43.0 Å². The van der Waals surface area contributed by atoms with E-state index in [4.69, 9.17) is 4.74 Å². The Bertz CT molecular complexity index is 437. The fourth-order valence-corrected chi connectivity index (χ4v) is 2.58. The maximum atomic E-state index is 12.4. The number of piperidine rings is 1. The van der Waals surface area contributed by atoms with Crippen molar-refractivity contribution in [2.45, 2.75) is 38.6 Å². The Hall–Kier alpha value is -1.55. The van der Waals surface area contributed by atoms with E-state index in [1.54, 1.807) is 0 Å². The molecule has 1 aliphatic heterocycles. The maximum Gasteiger partial charge on any atom is 0.253 e. The SMILES string of the molecule is CCCCOc1ccc(C(=O)N2CCC(NC)CC2)cc1. The van der Waals surface area contributed by atoms with Crippen molar-refractivity contribution in [3.05, 3.63) is 29.8 Å². The number of carbonyl (C=O) groups excluding carboxylic acids is 1. The van der Waals surface area contributed by atoms with E-state index in [1.807, 2.05) is 36.2 Å². The van der Waals surface area contributed by atoms with Gasteiger partial charge in [0, 0.05) is 24.7 Å². The zero-order valence-corrected chi connectivity index (χ0v) is 13.1. The minimum absolute atomic E-state index is 0.129. The number of nitrogens with zero attached hydrogens (tertiary/aromatic N) is 1. The molecule has 0 bridgehead atoms. The first-order valence-corrected chi connectivity index (χ1v) is 7.94. The molecule has 0 unspecified atom stereocenters. The Morgan fingerprint density at radius 2 is 1.95 bits per heavy atom. The average Bonchev–Trinajstić information content (AvgIpc) is 2.55. The number of nitrogens with one attached hydrogen (secondary N) is 1. The van der Waals surface area contributed by atoms with Crippen molar-refractivity contribution in [1.82, 2.24) is 10.2 Å². The van der Waals surface area contributed by atoms with Crippen LogP contribution in [0.4, 0.5) is 0 Å². The summed E-state index contributed by atoms with van der Waals surface area (Å²) < 4.78 is 5.62. The van der Waals surface area contributed by atoms with Crippen LogP contribution in [-0.2, 0) is 0 Å². The van der Waals surface area contributed by atoms with Crippen LogP contribution in [0.25, 0.3) is 0 Å². The van der Waals surface area contributed by atoms with Gasteiger partial charge in [0.25, 0.3) is 5.91 Å². The van der Waals surface area contributed by atoms with E-state index in [9.17, 15) is 4.79 Å². The summed E-state index contributed by atoms with van der Waals surface area (Å²) in [6.45, 7) is 4.54. The van der Waals surface area contributed by atoms with Crippen LogP contribution in [0.5, 0.6) is 5.75 Å². The summed E-state index contributed by atoms with van der Waals surface area (Å²) >= 11 is 0. The van der Waals surface area contributed by atoms with Gasteiger partial charge in [-0.2, -0.15) is 0 Å². The molecule has 1 amide bonds. The number of amides is 1. The van der Waals surface area contributed by atoms with E-state index in [-0.39, 0.29) is 5.91 Å². The van der Waals surface area contributed by atoms with Gasteiger partial charge in [-0.3, -0.25) is 4.79 Å². The third-order valence-electron chi connectivity index (χ3n) is 4.06. The first-order chi connectivity index (χ1) is 10.2. The predicted molar refractivity (Wildman–Crippen MR) is 84.8 cm³/mol. The third kappa shape index (κ3) is 4.46. The lowest BCUT2D eigenvalue weighted by atomic mass is 10.0. The highest BCUT2D eigenvalue weighted by Gasteiger charge is 2.22. The lowest BCUT2D eigenvalue weighted by Crippen LogP contribution is -2.43. The van der Waals surface area contributed by atoms with E-state index in [0.29, 0.717) is 6.04 Å². The number of unbranched alkanes of at least 4 members (excludes halogenated alkanes) is 1. The van der Waals surface area contributed by atoms with Gasteiger partial charge in [-0.1, -0.05) is 13.3 Å². The monoisotopic (exact) mass is 290 g/mol. The quantitative estimate of drug-likeness (QED) is 0.819. The van der Waals surface area contributed by atoms with Gasteiger partial charge in [-0.15, -0.1) is 0 Å². The van der Waals surface area contributed by atoms with Gasteiger partial charge in [0.05, 0.1) is 6.61 Å². The summed E-state index contributed by atoms with van der Waals surface area (Å²) in [6, 6.07) is 8.07. The van der Waals surface area contributed by atoms with Gasteiger partial charge in [-0.05, 0) is 50.6 Å². The lowest BCUT2D eigenvalue weighted by molar-refractivity contribution is 0.0707. The molecule has 1 heterocycles. The molecule has 0 aliphatic carbocycles. The second-order valence-electron chi connectivity index (χ2n) is 5.58. The number of hydrogen-bond donors (Lipinski definition) is 1. The molecule has 4 nitrogen and oxygen atoms in total. The summed E-state index contributed by atoms with van der Waals surface area (Å²) in [5, 5.41) is 3.28. The molecule has 1 saturated heterocycles. The Morgan fingerprint density at radius 3 is 2.52 bits per heavy atom. The summed E-state index contributed by atoms with van der Waals surface area (Å²) in [4.78, 5) is 14.4. The molecule has 0 aromatic heterocycles. The van der Waals surface area contributed by atoms with Crippen LogP contribution >= 0.6 is 0 Å². The predicted octanol–water partition coefficient (Wildman–Crippen LogP) is 2.69. The second-order valence-corrected chi connectivity index (χ2v) is 5.58. The van der Waals surface area contributed by atoms with Gasteiger partial charge in [0.15, 0.2) is 0 Å². The summed E-state index contributed by atoms with van der Waals surface area (Å²) in [5.41, 5.74) is 0.751. The largest absolute Gasteiger partial charge is 0.494 e. The molecule has 116 valence electrons. The number of benzene rings is 1. The zero-order chi connectivity index (χ0) is 15.1. The highest BCUT2D eigenvalue weighted by atomic mass is 16.5. The van der Waals surface area contributed by atoms with Crippen molar-refractivity contribution in [2.24, 2.45) is 0 Å². The fraction of sp³-hybridized carbons (Fsp3) is 0.588. The van der Waals surface area contributed by atoms with Crippen LogP contribution in [0, 0.1) is 0 Å². The highest BCUT2D eigenvalue weighted by molar-refractivity contribution is 5.94. The van der Waals surface area contributed by atoms with Crippen molar-refractivity contribution >= 4 is 5.91 Å². The van der Waals surface area contributed by atoms with Crippen LogP contribution in [0.15, 0.2) is 24.3 Å². The van der Waals surface area contributed by atoms with Gasteiger partial charge >= 0.3 is 0 Å². The molecule has 0 radical (unpaired) electrons.